The summed E-state index contributed by atoms with van der Waals surface area (Å²) in [4.78, 5) is 23.4. The van der Waals surface area contributed by atoms with Crippen molar-refractivity contribution in [2.75, 3.05) is 5.32 Å². The smallest absolute Gasteiger partial charge is 0.249 e. The van der Waals surface area contributed by atoms with Gasteiger partial charge in [-0.1, -0.05) is 47.5 Å². The first-order chi connectivity index (χ1) is 11.0. The molecule has 0 radical (unpaired) electrons. The molecule has 118 valence electrons. The Balaban J connectivity index is 1.82. The molecule has 0 bridgehead atoms. The molecule has 2 rings (SSSR count). The van der Waals surface area contributed by atoms with Crippen LogP contribution in [0.15, 0.2) is 53.6 Å². The standard InChI is InChI=1S/C16H13Cl2N3O2/c17-12-5-3-6-13(8-12)20-15(22)9-16(23)21-19-10-11-4-1-2-7-14(11)18/h1-8,10H,9H2,(H,20,22)(H,21,23)/b19-10+. The molecule has 0 aromatic heterocycles. The minimum atomic E-state index is -0.534. The Morgan fingerprint density at radius 1 is 1.04 bits per heavy atom. The number of benzene rings is 2. The molecule has 7 heteroatoms. The Kier molecular flexibility index (Phi) is 6.14. The highest BCUT2D eigenvalue weighted by Gasteiger charge is 2.09. The number of nitrogens with one attached hydrogen (secondary N) is 2. The summed E-state index contributed by atoms with van der Waals surface area (Å²) in [7, 11) is 0. The number of nitrogens with zero attached hydrogens (tertiary/aromatic N) is 1. The van der Waals surface area contributed by atoms with Crippen LogP contribution in [-0.4, -0.2) is 18.0 Å². The van der Waals surface area contributed by atoms with Gasteiger partial charge >= 0.3 is 0 Å². The van der Waals surface area contributed by atoms with Crippen LogP contribution in [0.1, 0.15) is 12.0 Å². The number of anilines is 1. The van der Waals surface area contributed by atoms with E-state index in [1.165, 1.54) is 6.21 Å². The number of rotatable bonds is 5. The van der Waals surface area contributed by atoms with Crippen LogP contribution in [0.25, 0.3) is 0 Å². The lowest BCUT2D eigenvalue weighted by Gasteiger charge is -2.04. The van der Waals surface area contributed by atoms with Crippen molar-refractivity contribution in [3.05, 3.63) is 64.1 Å². The van der Waals surface area contributed by atoms with Crippen molar-refractivity contribution >= 4 is 46.9 Å². The minimum Gasteiger partial charge on any atom is -0.326 e. The highest BCUT2D eigenvalue weighted by molar-refractivity contribution is 6.33. The highest BCUT2D eigenvalue weighted by Crippen LogP contribution is 2.15. The number of hydrogen-bond acceptors (Lipinski definition) is 3. The molecule has 0 aliphatic rings. The van der Waals surface area contributed by atoms with Crippen molar-refractivity contribution in [2.24, 2.45) is 5.10 Å². The Hall–Kier alpha value is -2.37. The van der Waals surface area contributed by atoms with Gasteiger partial charge in [-0.3, -0.25) is 9.59 Å². The fourth-order valence-electron chi connectivity index (χ4n) is 1.71. The van der Waals surface area contributed by atoms with Crippen molar-refractivity contribution in [3.63, 3.8) is 0 Å². The van der Waals surface area contributed by atoms with Crippen LogP contribution in [0.5, 0.6) is 0 Å². The second-order valence-corrected chi connectivity index (χ2v) is 5.39. The van der Waals surface area contributed by atoms with Crippen LogP contribution in [0, 0.1) is 0 Å². The Morgan fingerprint density at radius 2 is 1.83 bits per heavy atom. The lowest BCUT2D eigenvalue weighted by Crippen LogP contribution is -2.24. The molecule has 2 aromatic carbocycles. The molecule has 0 spiro atoms. The SMILES string of the molecule is O=C(CC(=O)Nc1cccc(Cl)c1)N/N=C/c1ccccc1Cl. The molecule has 0 unspecified atom stereocenters. The summed E-state index contributed by atoms with van der Waals surface area (Å²) in [6.45, 7) is 0. The highest BCUT2D eigenvalue weighted by atomic mass is 35.5. The zero-order chi connectivity index (χ0) is 16.7. The van der Waals surface area contributed by atoms with Gasteiger partial charge in [0.2, 0.25) is 11.8 Å². The van der Waals surface area contributed by atoms with E-state index < -0.39 is 11.8 Å². The van der Waals surface area contributed by atoms with Gasteiger partial charge in [0.05, 0.1) is 6.21 Å². The van der Waals surface area contributed by atoms with E-state index in [4.69, 9.17) is 23.2 Å². The van der Waals surface area contributed by atoms with E-state index in [-0.39, 0.29) is 6.42 Å². The second kappa shape index (κ2) is 8.31. The molecule has 2 amide bonds. The van der Waals surface area contributed by atoms with Crippen molar-refractivity contribution in [1.29, 1.82) is 0 Å². The number of carbonyl (C=O) groups excluding carboxylic acids is 2. The summed E-state index contributed by atoms with van der Waals surface area (Å²) in [5.74, 6) is -0.995. The van der Waals surface area contributed by atoms with E-state index in [1.807, 2.05) is 0 Å². The molecule has 5 nitrogen and oxygen atoms in total. The number of hydrogen-bond donors (Lipinski definition) is 2. The van der Waals surface area contributed by atoms with Gasteiger partial charge in [0, 0.05) is 21.3 Å². The van der Waals surface area contributed by atoms with Crippen molar-refractivity contribution in [1.82, 2.24) is 5.43 Å². The lowest BCUT2D eigenvalue weighted by molar-refractivity contribution is -0.126. The van der Waals surface area contributed by atoms with Crippen LogP contribution < -0.4 is 10.7 Å². The predicted molar refractivity (Wildman–Crippen MR) is 91.9 cm³/mol. The maximum atomic E-state index is 11.7. The van der Waals surface area contributed by atoms with E-state index in [0.717, 1.165) is 0 Å². The van der Waals surface area contributed by atoms with Crippen LogP contribution in [-0.2, 0) is 9.59 Å². The molecule has 0 aliphatic heterocycles. The van der Waals surface area contributed by atoms with Gasteiger partial charge in [-0.05, 0) is 24.3 Å². The molecule has 23 heavy (non-hydrogen) atoms. The minimum absolute atomic E-state index is 0.355. The molecule has 0 saturated heterocycles. The number of hydrazone groups is 1. The predicted octanol–water partition coefficient (Wildman–Crippen LogP) is 3.47. The van der Waals surface area contributed by atoms with Gasteiger partial charge in [-0.15, -0.1) is 0 Å². The number of carbonyl (C=O) groups is 2. The summed E-state index contributed by atoms with van der Waals surface area (Å²) in [5.41, 5.74) is 3.46. The third-order valence-electron chi connectivity index (χ3n) is 2.73. The zero-order valence-corrected chi connectivity index (χ0v) is 13.4. The average molecular weight is 350 g/mol. The molecular weight excluding hydrogens is 337 g/mol. The molecule has 2 aromatic rings. The van der Waals surface area contributed by atoms with E-state index in [2.05, 4.69) is 15.8 Å². The van der Waals surface area contributed by atoms with Gasteiger partial charge in [0.1, 0.15) is 6.42 Å². The number of halogens is 2. The fraction of sp³-hybridized carbons (Fsp3) is 0.0625. The third-order valence-corrected chi connectivity index (χ3v) is 3.31. The molecule has 0 aliphatic carbocycles. The first-order valence-corrected chi connectivity index (χ1v) is 7.42. The van der Waals surface area contributed by atoms with Crippen molar-refractivity contribution in [3.8, 4) is 0 Å². The van der Waals surface area contributed by atoms with Crippen molar-refractivity contribution < 1.29 is 9.59 Å². The van der Waals surface area contributed by atoms with E-state index >= 15 is 0 Å². The van der Waals surface area contributed by atoms with E-state index in [1.54, 1.807) is 48.5 Å². The van der Waals surface area contributed by atoms with Gasteiger partial charge in [-0.2, -0.15) is 5.10 Å². The van der Waals surface area contributed by atoms with E-state index in [0.29, 0.717) is 21.3 Å². The summed E-state index contributed by atoms with van der Waals surface area (Å²) < 4.78 is 0. The van der Waals surface area contributed by atoms with Gasteiger partial charge in [-0.25, -0.2) is 5.43 Å². The van der Waals surface area contributed by atoms with Gasteiger partial charge in [0.25, 0.3) is 0 Å². The molecular formula is C16H13Cl2N3O2. The maximum Gasteiger partial charge on any atom is 0.249 e. The van der Waals surface area contributed by atoms with E-state index in [9.17, 15) is 9.59 Å². The molecule has 0 heterocycles. The first kappa shape index (κ1) is 17.0. The van der Waals surface area contributed by atoms with Crippen LogP contribution in [0.2, 0.25) is 10.0 Å². The Morgan fingerprint density at radius 3 is 2.57 bits per heavy atom. The molecule has 2 N–H and O–H groups in total. The van der Waals surface area contributed by atoms with Crippen LogP contribution in [0.3, 0.4) is 0 Å². The summed E-state index contributed by atoms with van der Waals surface area (Å²) in [5, 5.41) is 7.35. The maximum absolute atomic E-state index is 11.7. The van der Waals surface area contributed by atoms with Gasteiger partial charge < -0.3 is 5.32 Å². The molecule has 0 atom stereocenters. The lowest BCUT2D eigenvalue weighted by atomic mass is 10.2. The zero-order valence-electron chi connectivity index (χ0n) is 11.9. The normalized spacial score (nSPS) is 10.5. The summed E-state index contributed by atoms with van der Waals surface area (Å²) >= 11 is 11.8. The first-order valence-electron chi connectivity index (χ1n) is 6.66. The quantitative estimate of drug-likeness (QED) is 0.492. The number of amides is 2. The summed E-state index contributed by atoms with van der Waals surface area (Å²) in [6.07, 6.45) is 1.06. The summed E-state index contributed by atoms with van der Waals surface area (Å²) in [6, 6.07) is 13.7. The molecule has 0 fully saturated rings. The van der Waals surface area contributed by atoms with Crippen LogP contribution >= 0.6 is 23.2 Å². The Bertz CT molecular complexity index is 748. The van der Waals surface area contributed by atoms with Crippen molar-refractivity contribution in [2.45, 2.75) is 6.42 Å². The topological polar surface area (TPSA) is 70.6 Å². The monoisotopic (exact) mass is 349 g/mol. The fourth-order valence-corrected chi connectivity index (χ4v) is 2.09. The third kappa shape index (κ3) is 5.73. The average Bonchev–Trinajstić information content (AvgIpc) is 2.49. The largest absolute Gasteiger partial charge is 0.326 e. The molecule has 0 saturated carbocycles. The Labute approximate surface area is 143 Å². The van der Waals surface area contributed by atoms with Gasteiger partial charge in [0.15, 0.2) is 0 Å². The van der Waals surface area contributed by atoms with Crippen LogP contribution in [0.4, 0.5) is 5.69 Å². The second-order valence-electron chi connectivity index (χ2n) is 4.55.